The Balaban J connectivity index is 2.17. The molecule has 0 saturated carbocycles. The summed E-state index contributed by atoms with van der Waals surface area (Å²) in [6, 6.07) is -0.805. The number of nitrogens with one attached hydrogen (secondary N) is 1. The van der Waals surface area contributed by atoms with Gasteiger partial charge in [-0.25, -0.2) is 0 Å². The van der Waals surface area contributed by atoms with Gasteiger partial charge in [0.25, 0.3) is 0 Å². The molecular weight excluding hydrogens is 923 g/mol. The molecule has 1 amide bonds. The molecule has 1 aliphatic rings. The summed E-state index contributed by atoms with van der Waals surface area (Å²) in [5.74, 6) is -0.172. The van der Waals surface area contributed by atoms with Crippen molar-refractivity contribution >= 4 is 5.91 Å². The maximum atomic E-state index is 13.1. The Bertz CT molecular complexity index is 1210. The van der Waals surface area contributed by atoms with Gasteiger partial charge in [0, 0.05) is 6.42 Å². The van der Waals surface area contributed by atoms with Crippen molar-refractivity contribution in [3.8, 4) is 0 Å². The number of hydrogen-bond acceptors (Lipinski definition) is 8. The number of carbonyl (C=O) groups excluding carboxylic acids is 1. The number of allylic oxidation sites excluding steroid dienone is 3. The molecular formula is C65H125NO8. The predicted octanol–water partition coefficient (Wildman–Crippen LogP) is 16.9. The van der Waals surface area contributed by atoms with Gasteiger partial charge in [-0.3, -0.25) is 4.79 Å². The van der Waals surface area contributed by atoms with Crippen molar-refractivity contribution in [3.63, 3.8) is 0 Å². The molecule has 0 aromatic heterocycles. The van der Waals surface area contributed by atoms with Crippen LogP contribution in [0.4, 0.5) is 0 Å². The molecule has 7 unspecified atom stereocenters. The fourth-order valence-corrected chi connectivity index (χ4v) is 10.6. The van der Waals surface area contributed by atoms with Crippen LogP contribution in [0.5, 0.6) is 0 Å². The average molecular weight is 1050 g/mol. The summed E-state index contributed by atoms with van der Waals surface area (Å²) >= 11 is 0. The molecule has 1 rings (SSSR count). The van der Waals surface area contributed by atoms with Crippen LogP contribution in [0, 0.1) is 0 Å². The zero-order valence-corrected chi connectivity index (χ0v) is 48.9. The Morgan fingerprint density at radius 2 is 0.757 bits per heavy atom. The highest BCUT2D eigenvalue weighted by molar-refractivity contribution is 5.76. The number of hydrogen-bond donors (Lipinski definition) is 6. The number of amides is 1. The van der Waals surface area contributed by atoms with E-state index in [2.05, 4.69) is 31.3 Å². The minimum atomic E-state index is -1.57. The van der Waals surface area contributed by atoms with Crippen LogP contribution in [0.2, 0.25) is 0 Å². The summed E-state index contributed by atoms with van der Waals surface area (Å²) in [6.07, 6.45) is 64.1. The van der Waals surface area contributed by atoms with Crippen molar-refractivity contribution < 1.29 is 39.8 Å². The van der Waals surface area contributed by atoms with E-state index in [0.717, 1.165) is 38.5 Å². The van der Waals surface area contributed by atoms with E-state index in [0.29, 0.717) is 6.42 Å². The molecule has 74 heavy (non-hydrogen) atoms. The monoisotopic (exact) mass is 1050 g/mol. The fraction of sp³-hybridized carbons (Fsp3) is 0.923. The molecule has 9 heteroatoms. The van der Waals surface area contributed by atoms with E-state index in [1.165, 1.54) is 270 Å². The van der Waals surface area contributed by atoms with Crippen molar-refractivity contribution in [2.24, 2.45) is 0 Å². The van der Waals surface area contributed by atoms with Gasteiger partial charge < -0.3 is 40.3 Å². The van der Waals surface area contributed by atoms with Crippen LogP contribution in [0.25, 0.3) is 0 Å². The van der Waals surface area contributed by atoms with Crippen LogP contribution in [-0.2, 0) is 14.3 Å². The van der Waals surface area contributed by atoms with Gasteiger partial charge in [-0.15, -0.1) is 0 Å². The number of aliphatic hydroxyl groups is 5. The van der Waals surface area contributed by atoms with Crippen LogP contribution in [0.15, 0.2) is 24.3 Å². The van der Waals surface area contributed by atoms with Crippen LogP contribution in [-0.4, -0.2) is 87.5 Å². The highest BCUT2D eigenvalue weighted by Crippen LogP contribution is 2.23. The van der Waals surface area contributed by atoms with Crippen molar-refractivity contribution in [1.29, 1.82) is 0 Å². The Hall–Kier alpha value is -1.33. The van der Waals surface area contributed by atoms with Crippen LogP contribution >= 0.6 is 0 Å². The summed E-state index contributed by atoms with van der Waals surface area (Å²) in [4.78, 5) is 13.1. The molecule has 0 aromatic rings. The number of aliphatic hydroxyl groups excluding tert-OH is 5. The van der Waals surface area contributed by atoms with E-state index in [1.807, 2.05) is 6.08 Å². The van der Waals surface area contributed by atoms with Crippen molar-refractivity contribution in [3.05, 3.63) is 24.3 Å². The lowest BCUT2D eigenvalue weighted by molar-refractivity contribution is -0.302. The second kappa shape index (κ2) is 55.0. The van der Waals surface area contributed by atoms with Gasteiger partial charge in [-0.2, -0.15) is 0 Å². The zero-order chi connectivity index (χ0) is 53.6. The van der Waals surface area contributed by atoms with Gasteiger partial charge in [0.1, 0.15) is 24.4 Å². The summed E-state index contributed by atoms with van der Waals surface area (Å²) < 4.78 is 11.3. The molecule has 0 radical (unpaired) electrons. The minimum absolute atomic E-state index is 0.172. The number of rotatable bonds is 57. The third kappa shape index (κ3) is 43.6. The first-order valence-electron chi connectivity index (χ1n) is 32.6. The molecule has 438 valence electrons. The number of ether oxygens (including phenoxy) is 2. The Labute approximate surface area is 458 Å². The minimum Gasteiger partial charge on any atom is -0.394 e. The van der Waals surface area contributed by atoms with Crippen molar-refractivity contribution in [1.82, 2.24) is 5.32 Å². The maximum absolute atomic E-state index is 13.1. The van der Waals surface area contributed by atoms with Crippen LogP contribution < -0.4 is 5.32 Å². The van der Waals surface area contributed by atoms with Crippen LogP contribution in [0.3, 0.4) is 0 Å². The smallest absolute Gasteiger partial charge is 0.220 e. The van der Waals surface area contributed by atoms with Crippen molar-refractivity contribution in [2.45, 2.75) is 371 Å². The van der Waals surface area contributed by atoms with E-state index in [1.54, 1.807) is 6.08 Å². The highest BCUT2D eigenvalue weighted by atomic mass is 16.7. The average Bonchev–Trinajstić information content (AvgIpc) is 3.40. The van der Waals surface area contributed by atoms with Crippen molar-refractivity contribution in [2.75, 3.05) is 13.2 Å². The Kier molecular flexibility index (Phi) is 52.5. The Morgan fingerprint density at radius 1 is 0.446 bits per heavy atom. The molecule has 6 N–H and O–H groups in total. The zero-order valence-electron chi connectivity index (χ0n) is 48.9. The lowest BCUT2D eigenvalue weighted by atomic mass is 9.99. The summed E-state index contributed by atoms with van der Waals surface area (Å²) in [6.45, 7) is 3.83. The van der Waals surface area contributed by atoms with Crippen LogP contribution in [0.1, 0.15) is 328 Å². The molecule has 1 fully saturated rings. The quantitative estimate of drug-likeness (QED) is 0.0261. The molecule has 1 aliphatic heterocycles. The third-order valence-corrected chi connectivity index (χ3v) is 15.8. The topological polar surface area (TPSA) is 149 Å². The first kappa shape index (κ1) is 70.7. The third-order valence-electron chi connectivity index (χ3n) is 15.8. The second-order valence-corrected chi connectivity index (χ2v) is 22.9. The number of unbranched alkanes of at least 4 members (excludes halogenated alkanes) is 45. The van der Waals surface area contributed by atoms with E-state index in [4.69, 9.17) is 9.47 Å². The predicted molar refractivity (Wildman–Crippen MR) is 314 cm³/mol. The fourth-order valence-electron chi connectivity index (χ4n) is 10.6. The van der Waals surface area contributed by atoms with Gasteiger partial charge in [0.05, 0.1) is 25.4 Å². The first-order valence-corrected chi connectivity index (χ1v) is 32.6. The van der Waals surface area contributed by atoms with Gasteiger partial charge >= 0.3 is 0 Å². The molecule has 0 aromatic carbocycles. The molecule has 0 bridgehead atoms. The molecule has 1 saturated heterocycles. The molecule has 0 spiro atoms. The lowest BCUT2D eigenvalue weighted by Crippen LogP contribution is -2.60. The van der Waals surface area contributed by atoms with Gasteiger partial charge in [-0.05, 0) is 44.9 Å². The molecule has 1 heterocycles. The molecule has 0 aliphatic carbocycles. The van der Waals surface area contributed by atoms with E-state index in [9.17, 15) is 30.3 Å². The second-order valence-electron chi connectivity index (χ2n) is 22.9. The standard InChI is InChI=1S/C65H125NO8/c1-3-5-7-9-11-13-15-17-19-21-23-25-27-29-30-31-33-35-37-39-41-43-45-47-49-51-53-55-61(69)66-58(57-73-65-64(72)63(71)62(70)60(56-67)74-65)59(68)54-52-50-48-46-44-42-40-38-36-34-32-28-26-24-22-20-18-16-14-12-10-8-6-4-2/h29-30,52,54,58-60,62-65,67-68,70-72H,3-28,31-51,53,55-57H2,1-2H3,(H,66,69)/b30-29-,54-52+. The summed E-state index contributed by atoms with van der Waals surface area (Å²) in [5.41, 5.74) is 0. The van der Waals surface area contributed by atoms with E-state index < -0.39 is 49.5 Å². The first-order chi connectivity index (χ1) is 36.3. The summed E-state index contributed by atoms with van der Waals surface area (Å²) in [5, 5.41) is 54.7. The largest absolute Gasteiger partial charge is 0.394 e. The highest BCUT2D eigenvalue weighted by Gasteiger charge is 2.44. The maximum Gasteiger partial charge on any atom is 0.220 e. The SMILES string of the molecule is CCCCCCCCCCCCCC/C=C\CCCCCCCCCCCCCC(=O)NC(COC1OC(CO)C(O)C(O)C1O)C(O)/C=C/CCCCCCCCCCCCCCCCCCCCCCCC. The van der Waals surface area contributed by atoms with Gasteiger partial charge in [0.2, 0.25) is 5.91 Å². The van der Waals surface area contributed by atoms with E-state index >= 15 is 0 Å². The molecule has 7 atom stereocenters. The van der Waals surface area contributed by atoms with Gasteiger partial charge in [0.15, 0.2) is 6.29 Å². The lowest BCUT2D eigenvalue weighted by Gasteiger charge is -2.40. The van der Waals surface area contributed by atoms with E-state index in [-0.39, 0.29) is 12.5 Å². The normalized spacial score (nSPS) is 19.0. The number of carbonyl (C=O) groups is 1. The van der Waals surface area contributed by atoms with Gasteiger partial charge in [-0.1, -0.05) is 301 Å². The Morgan fingerprint density at radius 3 is 1.09 bits per heavy atom. The summed E-state index contributed by atoms with van der Waals surface area (Å²) in [7, 11) is 0. The molecule has 9 nitrogen and oxygen atoms in total.